The Labute approximate surface area is 155 Å². The first-order chi connectivity index (χ1) is 12.3. The summed E-state index contributed by atoms with van der Waals surface area (Å²) in [4.78, 5) is 24.7. The number of benzene rings is 2. The summed E-state index contributed by atoms with van der Waals surface area (Å²) in [7, 11) is 0. The topological polar surface area (TPSA) is 70.2 Å². The van der Waals surface area contributed by atoms with Crippen LogP contribution in [0.4, 0.5) is 14.9 Å². The van der Waals surface area contributed by atoms with Gasteiger partial charge in [-0.2, -0.15) is 0 Å². The molecule has 0 fully saturated rings. The van der Waals surface area contributed by atoms with Gasteiger partial charge < -0.3 is 16.0 Å². The molecule has 5 nitrogen and oxygen atoms in total. The van der Waals surface area contributed by atoms with Crippen LogP contribution < -0.4 is 16.0 Å². The first-order valence-corrected chi connectivity index (χ1v) is 8.34. The van der Waals surface area contributed by atoms with Gasteiger partial charge in [-0.05, 0) is 49.2 Å². The van der Waals surface area contributed by atoms with E-state index in [0.717, 1.165) is 5.56 Å². The van der Waals surface area contributed by atoms with E-state index in [1.165, 1.54) is 24.3 Å². The second-order valence-corrected chi connectivity index (χ2v) is 6.45. The van der Waals surface area contributed by atoms with Crippen LogP contribution in [0.1, 0.15) is 24.1 Å². The molecule has 0 unspecified atom stereocenters. The maximum atomic E-state index is 13.2. The maximum Gasteiger partial charge on any atom is 0.319 e. The average molecular weight is 374 g/mol. The van der Waals surface area contributed by atoms with Crippen LogP contribution in [0.3, 0.4) is 0 Å². The molecule has 1 aliphatic rings. The fourth-order valence-electron chi connectivity index (χ4n) is 2.77. The molecule has 0 saturated heterocycles. The Bertz CT molecular complexity index is 910. The number of halogens is 2. The Hall–Kier alpha value is -2.86. The van der Waals surface area contributed by atoms with Crippen LogP contribution in [0.2, 0.25) is 5.02 Å². The smallest absolute Gasteiger partial charge is 0.319 e. The Morgan fingerprint density at radius 1 is 1.15 bits per heavy atom. The van der Waals surface area contributed by atoms with Crippen LogP contribution in [-0.2, 0) is 4.79 Å². The van der Waals surface area contributed by atoms with Gasteiger partial charge in [0.1, 0.15) is 5.82 Å². The number of allylic oxidation sites excluding steroid dienone is 1. The van der Waals surface area contributed by atoms with Crippen molar-refractivity contribution in [1.29, 1.82) is 0 Å². The van der Waals surface area contributed by atoms with E-state index in [4.69, 9.17) is 11.6 Å². The lowest BCUT2D eigenvalue weighted by molar-refractivity contribution is -0.113. The second-order valence-electron chi connectivity index (χ2n) is 6.04. The Morgan fingerprint density at radius 3 is 2.50 bits per heavy atom. The van der Waals surface area contributed by atoms with Gasteiger partial charge in [-0.25, -0.2) is 9.18 Å². The van der Waals surface area contributed by atoms with E-state index < -0.39 is 17.9 Å². The molecule has 0 aliphatic carbocycles. The molecule has 0 bridgehead atoms. The van der Waals surface area contributed by atoms with E-state index in [-0.39, 0.29) is 5.91 Å². The van der Waals surface area contributed by atoms with Crippen molar-refractivity contribution in [1.82, 2.24) is 10.6 Å². The highest BCUT2D eigenvalue weighted by atomic mass is 35.5. The molecule has 1 heterocycles. The highest BCUT2D eigenvalue weighted by molar-refractivity contribution is 6.31. The lowest BCUT2D eigenvalue weighted by Crippen LogP contribution is -2.45. The molecule has 7 heteroatoms. The zero-order valence-electron chi connectivity index (χ0n) is 14.2. The van der Waals surface area contributed by atoms with Crippen molar-refractivity contribution in [2.45, 2.75) is 19.9 Å². The summed E-state index contributed by atoms with van der Waals surface area (Å²) in [6, 6.07) is 9.74. The number of amides is 3. The van der Waals surface area contributed by atoms with Crippen LogP contribution in [0.15, 0.2) is 53.7 Å². The van der Waals surface area contributed by atoms with Crippen molar-refractivity contribution in [2.24, 2.45) is 0 Å². The molecule has 0 radical (unpaired) electrons. The molecule has 3 amide bonds. The summed E-state index contributed by atoms with van der Waals surface area (Å²) in [5, 5.41) is 8.63. The maximum absolute atomic E-state index is 13.2. The predicted octanol–water partition coefficient (Wildman–Crippen LogP) is 4.05. The van der Waals surface area contributed by atoms with Gasteiger partial charge in [0.2, 0.25) is 0 Å². The molecule has 26 heavy (non-hydrogen) atoms. The first-order valence-electron chi connectivity index (χ1n) is 7.96. The fourth-order valence-corrected chi connectivity index (χ4v) is 2.95. The Kier molecular flexibility index (Phi) is 4.95. The minimum absolute atomic E-state index is 0.341. The monoisotopic (exact) mass is 373 g/mol. The van der Waals surface area contributed by atoms with Crippen LogP contribution in [0, 0.1) is 12.7 Å². The molecular weight excluding hydrogens is 357 g/mol. The van der Waals surface area contributed by atoms with Crippen molar-refractivity contribution >= 4 is 29.2 Å². The summed E-state index contributed by atoms with van der Waals surface area (Å²) < 4.78 is 13.2. The molecule has 0 saturated carbocycles. The molecule has 1 atom stereocenters. The average Bonchev–Trinajstić information content (AvgIpc) is 2.58. The molecule has 3 rings (SSSR count). The zero-order valence-corrected chi connectivity index (χ0v) is 14.9. The second kappa shape index (κ2) is 7.17. The van der Waals surface area contributed by atoms with Crippen molar-refractivity contribution in [3.63, 3.8) is 0 Å². The van der Waals surface area contributed by atoms with Crippen LogP contribution >= 0.6 is 11.6 Å². The van der Waals surface area contributed by atoms with Gasteiger partial charge in [-0.15, -0.1) is 0 Å². The number of anilines is 1. The van der Waals surface area contributed by atoms with Crippen molar-refractivity contribution in [3.8, 4) is 0 Å². The molecule has 2 aromatic rings. The summed E-state index contributed by atoms with van der Waals surface area (Å²) in [6.45, 7) is 3.51. The molecular formula is C19H17ClFN3O2. The summed E-state index contributed by atoms with van der Waals surface area (Å²) in [5.41, 5.74) is 2.82. The van der Waals surface area contributed by atoms with Gasteiger partial charge in [0, 0.05) is 16.4 Å². The number of hydrogen-bond donors (Lipinski definition) is 3. The molecule has 134 valence electrons. The van der Waals surface area contributed by atoms with Crippen molar-refractivity contribution in [2.75, 3.05) is 5.32 Å². The molecule has 0 spiro atoms. The number of carbonyl (C=O) groups excluding carboxylic acids is 2. The summed E-state index contributed by atoms with van der Waals surface area (Å²) in [6.07, 6.45) is 0. The standard InChI is InChI=1S/C19H17ClFN3O2/c1-10-3-8-14(9-15(10)20)23-18(25)16-11(2)22-19(26)24-17(16)12-4-6-13(21)7-5-12/h3-9,17H,1-2H3,(H,23,25)(H2,22,24,26)/t17-/m0/s1. The van der Waals surface area contributed by atoms with Crippen molar-refractivity contribution in [3.05, 3.63) is 75.7 Å². The zero-order chi connectivity index (χ0) is 18.8. The van der Waals surface area contributed by atoms with E-state index >= 15 is 0 Å². The normalized spacial score (nSPS) is 16.8. The number of urea groups is 1. The van der Waals surface area contributed by atoms with E-state index in [1.807, 2.05) is 6.92 Å². The highest BCUT2D eigenvalue weighted by Gasteiger charge is 2.31. The molecule has 0 aromatic heterocycles. The lowest BCUT2D eigenvalue weighted by atomic mass is 9.95. The predicted molar refractivity (Wildman–Crippen MR) is 98.3 cm³/mol. The van der Waals surface area contributed by atoms with E-state index in [9.17, 15) is 14.0 Å². The van der Waals surface area contributed by atoms with E-state index in [1.54, 1.807) is 25.1 Å². The molecule has 2 aromatic carbocycles. The van der Waals surface area contributed by atoms with Gasteiger partial charge in [0.25, 0.3) is 5.91 Å². The third kappa shape index (κ3) is 3.70. The number of hydrogen-bond acceptors (Lipinski definition) is 2. The van der Waals surface area contributed by atoms with Crippen LogP contribution in [0.5, 0.6) is 0 Å². The number of nitrogens with one attached hydrogen (secondary N) is 3. The minimum Gasteiger partial charge on any atom is -0.327 e. The third-order valence-corrected chi connectivity index (χ3v) is 4.55. The van der Waals surface area contributed by atoms with Gasteiger partial charge in [-0.3, -0.25) is 4.79 Å². The Morgan fingerprint density at radius 2 is 1.85 bits per heavy atom. The van der Waals surface area contributed by atoms with Gasteiger partial charge >= 0.3 is 6.03 Å². The van der Waals surface area contributed by atoms with E-state index in [2.05, 4.69) is 16.0 Å². The number of aryl methyl sites for hydroxylation is 1. The van der Waals surface area contributed by atoms with Crippen LogP contribution in [0.25, 0.3) is 0 Å². The van der Waals surface area contributed by atoms with Crippen molar-refractivity contribution < 1.29 is 14.0 Å². The highest BCUT2D eigenvalue weighted by Crippen LogP contribution is 2.28. The SMILES string of the molecule is CC1=C(C(=O)Nc2ccc(C)c(Cl)c2)[C@H](c2ccc(F)cc2)NC(=O)N1. The minimum atomic E-state index is -0.690. The molecule has 1 aliphatic heterocycles. The third-order valence-electron chi connectivity index (χ3n) is 4.15. The summed E-state index contributed by atoms with van der Waals surface area (Å²) >= 11 is 6.10. The number of rotatable bonds is 3. The molecule has 3 N–H and O–H groups in total. The first kappa shape index (κ1) is 17.9. The summed E-state index contributed by atoms with van der Waals surface area (Å²) in [5.74, 6) is -0.778. The lowest BCUT2D eigenvalue weighted by Gasteiger charge is -2.28. The van der Waals surface area contributed by atoms with Gasteiger partial charge in [0.15, 0.2) is 0 Å². The van der Waals surface area contributed by atoms with E-state index in [0.29, 0.717) is 27.5 Å². The fraction of sp³-hybridized carbons (Fsp3) is 0.158. The number of carbonyl (C=O) groups is 2. The quantitative estimate of drug-likeness (QED) is 0.759. The largest absolute Gasteiger partial charge is 0.327 e. The Balaban J connectivity index is 1.93. The van der Waals surface area contributed by atoms with Gasteiger partial charge in [-0.1, -0.05) is 29.8 Å². The van der Waals surface area contributed by atoms with Crippen LogP contribution in [-0.4, -0.2) is 11.9 Å². The van der Waals surface area contributed by atoms with Gasteiger partial charge in [0.05, 0.1) is 11.6 Å².